The van der Waals surface area contributed by atoms with Gasteiger partial charge < -0.3 is 10.2 Å². The monoisotopic (exact) mass is 261 g/mol. The zero-order chi connectivity index (χ0) is 13.8. The molecule has 0 spiro atoms. The van der Waals surface area contributed by atoms with Crippen molar-refractivity contribution in [1.82, 2.24) is 10.2 Å². The number of rotatable bonds is 4. The molecule has 1 heterocycles. The molecule has 2 amide bonds. The van der Waals surface area contributed by atoms with E-state index in [2.05, 4.69) is 5.32 Å². The summed E-state index contributed by atoms with van der Waals surface area (Å²) in [4.78, 5) is 26.3. The SMILES string of the molecule is CNCCc1ccc(N2CC(=O)N(C)C(=O)C2)cc1. The molecule has 0 aromatic heterocycles. The highest BCUT2D eigenvalue weighted by Crippen LogP contribution is 2.18. The molecule has 1 fully saturated rings. The van der Waals surface area contributed by atoms with Gasteiger partial charge in [0.2, 0.25) is 11.8 Å². The van der Waals surface area contributed by atoms with Crippen LogP contribution in [0, 0.1) is 0 Å². The number of likely N-dealkylation sites (N-methyl/N-ethyl adjacent to an activating group) is 2. The second-order valence-corrected chi connectivity index (χ2v) is 4.72. The van der Waals surface area contributed by atoms with Crippen LogP contribution in [0.25, 0.3) is 0 Å². The molecule has 0 unspecified atom stereocenters. The Labute approximate surface area is 113 Å². The molecule has 0 aliphatic carbocycles. The highest BCUT2D eigenvalue weighted by atomic mass is 16.2. The Balaban J connectivity index is 2.06. The molecule has 5 heteroatoms. The fourth-order valence-corrected chi connectivity index (χ4v) is 2.06. The van der Waals surface area contributed by atoms with Gasteiger partial charge in [-0.2, -0.15) is 0 Å². The van der Waals surface area contributed by atoms with Gasteiger partial charge in [-0.1, -0.05) is 12.1 Å². The van der Waals surface area contributed by atoms with Crippen LogP contribution < -0.4 is 10.2 Å². The third kappa shape index (κ3) is 3.12. The Morgan fingerprint density at radius 1 is 1.11 bits per heavy atom. The summed E-state index contributed by atoms with van der Waals surface area (Å²) >= 11 is 0. The minimum Gasteiger partial charge on any atom is -0.353 e. The van der Waals surface area contributed by atoms with Crippen LogP contribution in [0.15, 0.2) is 24.3 Å². The van der Waals surface area contributed by atoms with E-state index in [1.807, 2.05) is 36.2 Å². The van der Waals surface area contributed by atoms with E-state index in [1.54, 1.807) is 0 Å². The number of carbonyl (C=O) groups excluding carboxylic acids is 2. The van der Waals surface area contributed by atoms with Crippen molar-refractivity contribution in [3.63, 3.8) is 0 Å². The number of hydrogen-bond donors (Lipinski definition) is 1. The zero-order valence-corrected chi connectivity index (χ0v) is 11.3. The van der Waals surface area contributed by atoms with Crippen molar-refractivity contribution in [2.24, 2.45) is 0 Å². The number of anilines is 1. The van der Waals surface area contributed by atoms with Crippen LogP contribution >= 0.6 is 0 Å². The molecule has 5 nitrogen and oxygen atoms in total. The highest BCUT2D eigenvalue weighted by molar-refractivity contribution is 6.02. The minimum atomic E-state index is -0.157. The van der Waals surface area contributed by atoms with Crippen molar-refractivity contribution in [2.75, 3.05) is 38.6 Å². The molecule has 1 aliphatic heterocycles. The van der Waals surface area contributed by atoms with Gasteiger partial charge in [0.1, 0.15) is 0 Å². The summed E-state index contributed by atoms with van der Waals surface area (Å²) in [6, 6.07) is 8.02. The Kier molecular flexibility index (Phi) is 4.16. The number of imide groups is 1. The average Bonchev–Trinajstić information content (AvgIpc) is 2.42. The van der Waals surface area contributed by atoms with Crippen LogP contribution in [0.5, 0.6) is 0 Å². The Morgan fingerprint density at radius 3 is 2.21 bits per heavy atom. The molecule has 1 aliphatic rings. The number of amides is 2. The first-order valence-electron chi connectivity index (χ1n) is 6.39. The number of piperazine rings is 1. The molecule has 0 radical (unpaired) electrons. The van der Waals surface area contributed by atoms with Crippen molar-refractivity contribution in [2.45, 2.75) is 6.42 Å². The fraction of sp³-hybridized carbons (Fsp3) is 0.429. The second kappa shape index (κ2) is 5.84. The second-order valence-electron chi connectivity index (χ2n) is 4.72. The smallest absolute Gasteiger partial charge is 0.248 e. The number of hydrogen-bond acceptors (Lipinski definition) is 4. The Bertz CT molecular complexity index is 452. The Hall–Kier alpha value is -1.88. The molecule has 19 heavy (non-hydrogen) atoms. The summed E-state index contributed by atoms with van der Waals surface area (Å²) in [5.74, 6) is -0.314. The molecule has 0 bridgehead atoms. The minimum absolute atomic E-state index is 0.157. The maximum atomic E-state index is 11.7. The number of nitrogens with zero attached hydrogens (tertiary/aromatic N) is 2. The van der Waals surface area contributed by atoms with E-state index in [4.69, 9.17) is 0 Å². The molecule has 2 rings (SSSR count). The van der Waals surface area contributed by atoms with Gasteiger partial charge in [0.05, 0.1) is 13.1 Å². The van der Waals surface area contributed by atoms with Gasteiger partial charge >= 0.3 is 0 Å². The summed E-state index contributed by atoms with van der Waals surface area (Å²) in [6.07, 6.45) is 0.970. The van der Waals surface area contributed by atoms with Crippen LogP contribution in [0.1, 0.15) is 5.56 Å². The van der Waals surface area contributed by atoms with Crippen molar-refractivity contribution in [1.29, 1.82) is 0 Å². The maximum absolute atomic E-state index is 11.7. The van der Waals surface area contributed by atoms with E-state index in [-0.39, 0.29) is 24.9 Å². The normalized spacial score (nSPS) is 16.1. The van der Waals surface area contributed by atoms with Gasteiger partial charge in [0.25, 0.3) is 0 Å². The first-order chi connectivity index (χ1) is 9.11. The van der Waals surface area contributed by atoms with Crippen LogP contribution in [0.3, 0.4) is 0 Å². The summed E-state index contributed by atoms with van der Waals surface area (Å²) in [5.41, 5.74) is 2.16. The third-order valence-electron chi connectivity index (χ3n) is 3.37. The average molecular weight is 261 g/mol. The molecule has 0 atom stereocenters. The van der Waals surface area contributed by atoms with E-state index in [0.29, 0.717) is 0 Å². The predicted octanol–water partition coefficient (Wildman–Crippen LogP) is 0.253. The van der Waals surface area contributed by atoms with E-state index in [0.717, 1.165) is 18.7 Å². The van der Waals surface area contributed by atoms with E-state index in [1.165, 1.54) is 17.5 Å². The summed E-state index contributed by atoms with van der Waals surface area (Å²) in [7, 11) is 3.46. The van der Waals surface area contributed by atoms with Gasteiger partial charge in [0, 0.05) is 12.7 Å². The number of carbonyl (C=O) groups is 2. The molecule has 1 N–H and O–H groups in total. The number of nitrogens with one attached hydrogen (secondary N) is 1. The zero-order valence-electron chi connectivity index (χ0n) is 11.3. The molecular formula is C14H19N3O2. The number of benzene rings is 1. The lowest BCUT2D eigenvalue weighted by Crippen LogP contribution is -2.52. The molecule has 1 saturated heterocycles. The lowest BCUT2D eigenvalue weighted by Gasteiger charge is -2.32. The molecule has 102 valence electrons. The van der Waals surface area contributed by atoms with Crippen LogP contribution in [0.2, 0.25) is 0 Å². The van der Waals surface area contributed by atoms with Crippen molar-refractivity contribution < 1.29 is 9.59 Å². The summed E-state index contributed by atoms with van der Waals surface area (Å²) in [5, 5.41) is 3.11. The lowest BCUT2D eigenvalue weighted by molar-refractivity contribution is -0.143. The third-order valence-corrected chi connectivity index (χ3v) is 3.37. The molecule has 1 aromatic carbocycles. The topological polar surface area (TPSA) is 52.7 Å². The van der Waals surface area contributed by atoms with Crippen LogP contribution in [-0.2, 0) is 16.0 Å². The van der Waals surface area contributed by atoms with E-state index >= 15 is 0 Å². The molecule has 1 aromatic rings. The fourth-order valence-electron chi connectivity index (χ4n) is 2.06. The lowest BCUT2D eigenvalue weighted by atomic mass is 10.1. The van der Waals surface area contributed by atoms with Gasteiger partial charge in [-0.15, -0.1) is 0 Å². The van der Waals surface area contributed by atoms with E-state index in [9.17, 15) is 9.59 Å². The predicted molar refractivity (Wildman–Crippen MR) is 74.1 cm³/mol. The Morgan fingerprint density at radius 2 is 1.68 bits per heavy atom. The van der Waals surface area contributed by atoms with E-state index < -0.39 is 0 Å². The molecule has 0 saturated carbocycles. The quantitative estimate of drug-likeness (QED) is 0.790. The maximum Gasteiger partial charge on any atom is 0.248 e. The van der Waals surface area contributed by atoms with Crippen molar-refractivity contribution in [3.8, 4) is 0 Å². The van der Waals surface area contributed by atoms with Crippen LogP contribution in [0.4, 0.5) is 5.69 Å². The first kappa shape index (κ1) is 13.5. The molecular weight excluding hydrogens is 242 g/mol. The standard InChI is InChI=1S/C14H19N3O2/c1-15-8-7-11-3-5-12(6-4-11)17-9-13(18)16(2)14(19)10-17/h3-6,15H,7-10H2,1-2H3. The van der Waals surface area contributed by atoms with Crippen molar-refractivity contribution in [3.05, 3.63) is 29.8 Å². The summed E-state index contributed by atoms with van der Waals surface area (Å²) < 4.78 is 0. The van der Waals surface area contributed by atoms with Crippen LogP contribution in [-0.4, -0.2) is 50.4 Å². The first-order valence-corrected chi connectivity index (χ1v) is 6.39. The van der Waals surface area contributed by atoms with Gasteiger partial charge in [0.15, 0.2) is 0 Å². The summed E-state index contributed by atoms with van der Waals surface area (Å²) in [6.45, 7) is 1.46. The largest absolute Gasteiger partial charge is 0.353 e. The highest BCUT2D eigenvalue weighted by Gasteiger charge is 2.27. The van der Waals surface area contributed by atoms with Gasteiger partial charge in [-0.05, 0) is 37.7 Å². The van der Waals surface area contributed by atoms with Crippen molar-refractivity contribution >= 4 is 17.5 Å². The van der Waals surface area contributed by atoms with Gasteiger partial charge in [-0.25, -0.2) is 0 Å². The van der Waals surface area contributed by atoms with Gasteiger partial charge in [-0.3, -0.25) is 14.5 Å².